The summed E-state index contributed by atoms with van der Waals surface area (Å²) in [5, 5.41) is 5.20. The molecule has 3 aromatic rings. The minimum atomic E-state index is -3.58. The maximum Gasteiger partial charge on any atom is 0.275 e. The van der Waals surface area contributed by atoms with Crippen LogP contribution in [0.25, 0.3) is 10.6 Å². The van der Waals surface area contributed by atoms with Gasteiger partial charge in [-0.15, -0.1) is 11.3 Å². The third-order valence-corrected chi connectivity index (χ3v) is 6.70. The van der Waals surface area contributed by atoms with Gasteiger partial charge in [-0.1, -0.05) is 36.4 Å². The Kier molecular flexibility index (Phi) is 5.41. The number of sulfonamides is 1. The molecule has 1 heterocycles. The first-order chi connectivity index (χ1) is 12.8. The van der Waals surface area contributed by atoms with Crippen molar-refractivity contribution in [2.45, 2.75) is 11.8 Å². The second-order valence-electron chi connectivity index (χ2n) is 6.12. The first kappa shape index (κ1) is 19.2. The Hall–Kier alpha value is -2.55. The lowest BCUT2D eigenvalue weighted by Crippen LogP contribution is -2.22. The molecule has 0 atom stereocenters. The number of aryl methyl sites for hydroxylation is 1. The maximum absolute atomic E-state index is 12.6. The largest absolute Gasteiger partial charge is 0.320 e. The van der Waals surface area contributed by atoms with Crippen molar-refractivity contribution in [1.82, 2.24) is 9.29 Å². The topological polar surface area (TPSA) is 79.4 Å². The lowest BCUT2D eigenvalue weighted by Gasteiger charge is -2.14. The molecule has 0 aliphatic carbocycles. The number of anilines is 1. The van der Waals surface area contributed by atoms with Crippen LogP contribution in [0.3, 0.4) is 0 Å². The molecule has 0 spiro atoms. The first-order valence-electron chi connectivity index (χ1n) is 8.14. The van der Waals surface area contributed by atoms with Gasteiger partial charge in [0.1, 0.15) is 10.7 Å². The Morgan fingerprint density at radius 1 is 1.11 bits per heavy atom. The van der Waals surface area contributed by atoms with Gasteiger partial charge in [-0.25, -0.2) is 17.7 Å². The molecular weight excluding hydrogens is 382 g/mol. The smallest absolute Gasteiger partial charge is 0.275 e. The fraction of sp³-hybridized carbons (Fsp3) is 0.158. The van der Waals surface area contributed by atoms with E-state index in [4.69, 9.17) is 0 Å². The third kappa shape index (κ3) is 4.08. The summed E-state index contributed by atoms with van der Waals surface area (Å²) in [6, 6.07) is 14.3. The summed E-state index contributed by atoms with van der Waals surface area (Å²) in [5.41, 5.74) is 2.44. The van der Waals surface area contributed by atoms with Crippen LogP contribution < -0.4 is 5.32 Å². The highest BCUT2D eigenvalue weighted by molar-refractivity contribution is 7.89. The summed E-state index contributed by atoms with van der Waals surface area (Å²) < 4.78 is 25.8. The van der Waals surface area contributed by atoms with Crippen LogP contribution in [0.5, 0.6) is 0 Å². The number of hydrogen-bond acceptors (Lipinski definition) is 5. The van der Waals surface area contributed by atoms with Gasteiger partial charge in [0, 0.05) is 30.7 Å². The number of benzene rings is 2. The summed E-state index contributed by atoms with van der Waals surface area (Å²) in [6.07, 6.45) is 0. The van der Waals surface area contributed by atoms with Crippen molar-refractivity contribution < 1.29 is 13.2 Å². The summed E-state index contributed by atoms with van der Waals surface area (Å²) >= 11 is 1.38. The summed E-state index contributed by atoms with van der Waals surface area (Å²) in [5.74, 6) is -0.379. The van der Waals surface area contributed by atoms with Gasteiger partial charge < -0.3 is 5.32 Å². The minimum Gasteiger partial charge on any atom is -0.320 e. The van der Waals surface area contributed by atoms with Crippen LogP contribution in [0.15, 0.2) is 58.8 Å². The average Bonchev–Trinajstić information content (AvgIpc) is 3.14. The van der Waals surface area contributed by atoms with E-state index in [0.29, 0.717) is 11.4 Å². The quantitative estimate of drug-likeness (QED) is 0.708. The normalized spacial score (nSPS) is 11.6. The predicted octanol–water partition coefficient (Wildman–Crippen LogP) is 3.62. The number of carbonyl (C=O) groups excluding carboxylic acids is 1. The van der Waals surface area contributed by atoms with Gasteiger partial charge >= 0.3 is 0 Å². The number of aromatic nitrogens is 1. The number of rotatable bonds is 5. The molecule has 6 nitrogen and oxygen atoms in total. The van der Waals surface area contributed by atoms with E-state index >= 15 is 0 Å². The number of nitrogens with one attached hydrogen (secondary N) is 1. The zero-order valence-corrected chi connectivity index (χ0v) is 16.8. The number of hydrogen-bond donors (Lipinski definition) is 1. The molecular formula is C19H19N3O3S2. The van der Waals surface area contributed by atoms with E-state index in [0.717, 1.165) is 20.4 Å². The van der Waals surface area contributed by atoms with Crippen molar-refractivity contribution >= 4 is 33.0 Å². The molecule has 1 aromatic heterocycles. The Bertz CT molecular complexity index is 1070. The minimum absolute atomic E-state index is 0.122. The molecule has 0 saturated heterocycles. The van der Waals surface area contributed by atoms with E-state index in [-0.39, 0.29) is 10.8 Å². The van der Waals surface area contributed by atoms with Crippen molar-refractivity contribution in [3.8, 4) is 10.6 Å². The number of nitrogens with zero attached hydrogens (tertiary/aromatic N) is 2. The molecule has 140 valence electrons. The van der Waals surface area contributed by atoms with Crippen molar-refractivity contribution in [3.63, 3.8) is 0 Å². The van der Waals surface area contributed by atoms with E-state index in [9.17, 15) is 13.2 Å². The number of amides is 1. The molecule has 0 aliphatic heterocycles. The number of thiazole rings is 1. The van der Waals surface area contributed by atoms with Crippen molar-refractivity contribution in [3.05, 3.63) is 65.2 Å². The Morgan fingerprint density at radius 2 is 1.81 bits per heavy atom. The van der Waals surface area contributed by atoms with E-state index in [1.165, 1.54) is 37.6 Å². The van der Waals surface area contributed by atoms with E-state index in [2.05, 4.69) is 10.3 Å². The molecule has 0 aliphatic rings. The van der Waals surface area contributed by atoms with Crippen LogP contribution in [-0.2, 0) is 10.0 Å². The molecule has 0 saturated carbocycles. The molecule has 0 unspecified atom stereocenters. The number of carbonyl (C=O) groups is 1. The van der Waals surface area contributed by atoms with Gasteiger partial charge in [-0.3, -0.25) is 4.79 Å². The third-order valence-electron chi connectivity index (χ3n) is 3.99. The van der Waals surface area contributed by atoms with Gasteiger partial charge in [0.15, 0.2) is 0 Å². The molecule has 0 fully saturated rings. The average molecular weight is 402 g/mol. The molecule has 2 aromatic carbocycles. The van der Waals surface area contributed by atoms with Crippen LogP contribution >= 0.6 is 11.3 Å². The Balaban J connectivity index is 1.86. The fourth-order valence-electron chi connectivity index (χ4n) is 2.38. The standard InChI is InChI=1S/C19H19N3O3S2/c1-13-9-10-15(27(24,25)22(2)3)11-16(13)20-18(23)17-12-26-19(21-17)14-7-5-4-6-8-14/h4-12H,1-3H3,(H,20,23). The van der Waals surface area contributed by atoms with Gasteiger partial charge in [0.05, 0.1) is 4.90 Å². The van der Waals surface area contributed by atoms with Gasteiger partial charge in [-0.05, 0) is 24.6 Å². The van der Waals surface area contributed by atoms with E-state index in [1.807, 2.05) is 30.3 Å². The lowest BCUT2D eigenvalue weighted by atomic mass is 10.2. The summed E-state index contributed by atoms with van der Waals surface area (Å²) in [4.78, 5) is 17.1. The van der Waals surface area contributed by atoms with E-state index < -0.39 is 10.0 Å². The van der Waals surface area contributed by atoms with Gasteiger partial charge in [0.25, 0.3) is 5.91 Å². The molecule has 3 rings (SSSR count). The predicted molar refractivity (Wildman–Crippen MR) is 108 cm³/mol. The molecule has 1 N–H and O–H groups in total. The second-order valence-corrected chi connectivity index (χ2v) is 9.13. The maximum atomic E-state index is 12.6. The van der Waals surface area contributed by atoms with Crippen LogP contribution in [0.4, 0.5) is 5.69 Å². The highest BCUT2D eigenvalue weighted by atomic mass is 32.2. The fourth-order valence-corrected chi connectivity index (χ4v) is 4.12. The SMILES string of the molecule is Cc1ccc(S(=O)(=O)N(C)C)cc1NC(=O)c1csc(-c2ccccc2)n1. The van der Waals surface area contributed by atoms with Crippen molar-refractivity contribution in [1.29, 1.82) is 0 Å². The van der Waals surface area contributed by atoms with Crippen molar-refractivity contribution in [2.24, 2.45) is 0 Å². The Labute approximate surface area is 162 Å². The first-order valence-corrected chi connectivity index (χ1v) is 10.5. The zero-order valence-electron chi connectivity index (χ0n) is 15.1. The second kappa shape index (κ2) is 7.59. The molecule has 0 radical (unpaired) electrons. The molecule has 27 heavy (non-hydrogen) atoms. The van der Waals surface area contributed by atoms with Gasteiger partial charge in [0.2, 0.25) is 10.0 Å². The highest BCUT2D eigenvalue weighted by Gasteiger charge is 2.19. The van der Waals surface area contributed by atoms with Gasteiger partial charge in [-0.2, -0.15) is 0 Å². The van der Waals surface area contributed by atoms with Crippen LogP contribution in [-0.4, -0.2) is 37.7 Å². The lowest BCUT2D eigenvalue weighted by molar-refractivity contribution is 0.102. The van der Waals surface area contributed by atoms with Crippen LogP contribution in [0.1, 0.15) is 16.1 Å². The van der Waals surface area contributed by atoms with E-state index in [1.54, 1.807) is 18.4 Å². The summed E-state index contributed by atoms with van der Waals surface area (Å²) in [6.45, 7) is 1.80. The molecule has 0 bridgehead atoms. The highest BCUT2D eigenvalue weighted by Crippen LogP contribution is 2.25. The molecule has 1 amide bonds. The monoisotopic (exact) mass is 401 g/mol. The van der Waals surface area contributed by atoms with Crippen LogP contribution in [0, 0.1) is 6.92 Å². The molecule has 8 heteroatoms. The zero-order chi connectivity index (χ0) is 19.6. The van der Waals surface area contributed by atoms with Crippen molar-refractivity contribution in [2.75, 3.05) is 19.4 Å². The van der Waals surface area contributed by atoms with Crippen LogP contribution in [0.2, 0.25) is 0 Å². The summed E-state index contributed by atoms with van der Waals surface area (Å²) in [7, 11) is -0.648. The Morgan fingerprint density at radius 3 is 2.48 bits per heavy atom.